The van der Waals surface area contributed by atoms with Gasteiger partial charge in [-0.15, -0.1) is 0 Å². The summed E-state index contributed by atoms with van der Waals surface area (Å²) in [6.45, 7) is 2.02. The van der Waals surface area contributed by atoms with Gasteiger partial charge in [0.15, 0.2) is 0 Å². The molecule has 0 radical (unpaired) electrons. The Labute approximate surface area is 106 Å². The second kappa shape index (κ2) is 5.49. The Morgan fingerprint density at radius 2 is 2.28 bits per heavy atom. The van der Waals surface area contributed by atoms with Crippen LogP contribution in [0.25, 0.3) is 0 Å². The van der Waals surface area contributed by atoms with Gasteiger partial charge in [-0.2, -0.15) is 5.10 Å². The summed E-state index contributed by atoms with van der Waals surface area (Å²) in [4.78, 5) is 11.9. The number of carbonyl (C=O) groups excluding carboxylic acids is 1. The third-order valence-corrected chi connectivity index (χ3v) is 2.90. The largest absolute Gasteiger partial charge is 0.497 e. The van der Waals surface area contributed by atoms with Gasteiger partial charge in [0.25, 0.3) is 0 Å². The van der Waals surface area contributed by atoms with E-state index in [4.69, 9.17) is 4.74 Å². The van der Waals surface area contributed by atoms with Gasteiger partial charge in [-0.1, -0.05) is 19.1 Å². The highest BCUT2D eigenvalue weighted by molar-refractivity contribution is 5.78. The summed E-state index contributed by atoms with van der Waals surface area (Å²) in [5, 5.41) is 3.94. The van der Waals surface area contributed by atoms with Gasteiger partial charge in [0, 0.05) is 18.8 Å². The Hall–Kier alpha value is -2.10. The first-order valence-electron chi connectivity index (χ1n) is 5.87. The molecular weight excluding hydrogens is 228 g/mol. The second-order valence-electron chi connectivity index (χ2n) is 4.23. The molecule has 2 rings (SSSR count). The molecule has 94 valence electrons. The van der Waals surface area contributed by atoms with Crippen molar-refractivity contribution in [3.63, 3.8) is 0 Å². The lowest BCUT2D eigenvalue weighted by molar-refractivity contribution is 0.0879. The molecule has 1 heterocycles. The van der Waals surface area contributed by atoms with Crippen molar-refractivity contribution >= 4 is 5.91 Å². The summed E-state index contributed by atoms with van der Waals surface area (Å²) in [5.74, 6) is 0.943. The van der Waals surface area contributed by atoms with Crippen LogP contribution in [0.15, 0.2) is 42.7 Å². The van der Waals surface area contributed by atoms with Crippen LogP contribution in [-0.4, -0.2) is 22.8 Å². The Bertz CT molecular complexity index is 520. The van der Waals surface area contributed by atoms with Crippen molar-refractivity contribution < 1.29 is 9.53 Å². The van der Waals surface area contributed by atoms with Crippen LogP contribution in [0.5, 0.6) is 5.75 Å². The van der Waals surface area contributed by atoms with Crippen molar-refractivity contribution in [2.75, 3.05) is 7.11 Å². The number of nitrogens with zero attached hydrogens (tertiary/aromatic N) is 2. The van der Waals surface area contributed by atoms with Gasteiger partial charge >= 0.3 is 0 Å². The molecule has 0 saturated carbocycles. The SMILES string of the molecule is COc1cccc(C(C)CC(=O)n2cccn2)c1. The van der Waals surface area contributed by atoms with E-state index in [0.29, 0.717) is 6.42 Å². The van der Waals surface area contributed by atoms with E-state index in [-0.39, 0.29) is 11.8 Å². The van der Waals surface area contributed by atoms with Gasteiger partial charge in [0.1, 0.15) is 5.75 Å². The first kappa shape index (κ1) is 12.4. The summed E-state index contributed by atoms with van der Waals surface area (Å²) < 4.78 is 6.55. The molecule has 2 aromatic rings. The molecule has 18 heavy (non-hydrogen) atoms. The normalized spacial score (nSPS) is 12.1. The number of carbonyl (C=O) groups is 1. The average Bonchev–Trinajstić information content (AvgIpc) is 2.92. The third kappa shape index (κ3) is 2.77. The molecule has 1 aromatic carbocycles. The Balaban J connectivity index is 2.07. The molecule has 1 aromatic heterocycles. The fourth-order valence-electron chi connectivity index (χ4n) is 1.84. The van der Waals surface area contributed by atoms with Crippen LogP contribution in [0.2, 0.25) is 0 Å². The zero-order chi connectivity index (χ0) is 13.0. The molecular formula is C14H16N2O2. The molecule has 1 unspecified atom stereocenters. The fourth-order valence-corrected chi connectivity index (χ4v) is 1.84. The van der Waals surface area contributed by atoms with Gasteiger partial charge in [-0.05, 0) is 29.7 Å². The van der Waals surface area contributed by atoms with Gasteiger partial charge in [0.2, 0.25) is 5.91 Å². The molecule has 0 aliphatic heterocycles. The number of rotatable bonds is 4. The van der Waals surface area contributed by atoms with Gasteiger partial charge in [0.05, 0.1) is 7.11 Å². The predicted molar refractivity (Wildman–Crippen MR) is 68.9 cm³/mol. The lowest BCUT2D eigenvalue weighted by Crippen LogP contribution is -2.13. The summed E-state index contributed by atoms with van der Waals surface area (Å²) in [5.41, 5.74) is 1.09. The van der Waals surface area contributed by atoms with Crippen LogP contribution >= 0.6 is 0 Å². The minimum atomic E-state index is -0.00433. The highest BCUT2D eigenvalue weighted by atomic mass is 16.5. The van der Waals surface area contributed by atoms with Crippen molar-refractivity contribution in [2.24, 2.45) is 0 Å². The first-order valence-corrected chi connectivity index (χ1v) is 5.87. The molecule has 0 N–H and O–H groups in total. The van der Waals surface area contributed by atoms with E-state index in [0.717, 1.165) is 11.3 Å². The van der Waals surface area contributed by atoms with E-state index in [1.807, 2.05) is 31.2 Å². The first-order chi connectivity index (χ1) is 8.70. The maximum absolute atomic E-state index is 11.9. The van der Waals surface area contributed by atoms with Crippen LogP contribution in [0.3, 0.4) is 0 Å². The molecule has 0 spiro atoms. The minimum absolute atomic E-state index is 0.00433. The third-order valence-electron chi connectivity index (χ3n) is 2.90. The maximum atomic E-state index is 11.9. The Morgan fingerprint density at radius 1 is 1.44 bits per heavy atom. The van der Waals surface area contributed by atoms with Crippen LogP contribution in [0.4, 0.5) is 0 Å². The number of ether oxygens (including phenoxy) is 1. The topological polar surface area (TPSA) is 44.1 Å². The number of aromatic nitrogens is 2. The van der Waals surface area contributed by atoms with E-state index in [1.54, 1.807) is 25.6 Å². The molecule has 0 amide bonds. The molecule has 0 aliphatic carbocycles. The second-order valence-corrected chi connectivity index (χ2v) is 4.23. The van der Waals surface area contributed by atoms with E-state index >= 15 is 0 Å². The zero-order valence-electron chi connectivity index (χ0n) is 10.5. The van der Waals surface area contributed by atoms with Crippen molar-refractivity contribution in [1.29, 1.82) is 0 Å². The quantitative estimate of drug-likeness (QED) is 0.830. The van der Waals surface area contributed by atoms with Crippen LogP contribution in [-0.2, 0) is 0 Å². The molecule has 0 saturated heterocycles. The molecule has 0 aliphatic rings. The summed E-state index contributed by atoms with van der Waals surface area (Å²) in [6, 6.07) is 9.54. The van der Waals surface area contributed by atoms with Crippen molar-refractivity contribution in [3.05, 3.63) is 48.3 Å². The number of hydrogen-bond donors (Lipinski definition) is 0. The van der Waals surface area contributed by atoms with Crippen molar-refractivity contribution in [1.82, 2.24) is 9.78 Å². The predicted octanol–water partition coefficient (Wildman–Crippen LogP) is 2.73. The molecule has 0 bridgehead atoms. The van der Waals surface area contributed by atoms with Crippen molar-refractivity contribution in [3.8, 4) is 5.75 Å². The lowest BCUT2D eigenvalue weighted by Gasteiger charge is -2.12. The van der Waals surface area contributed by atoms with E-state index in [2.05, 4.69) is 5.10 Å². The monoisotopic (exact) mass is 244 g/mol. The highest BCUT2D eigenvalue weighted by Crippen LogP contribution is 2.23. The maximum Gasteiger partial charge on any atom is 0.247 e. The molecule has 4 heteroatoms. The molecule has 0 fully saturated rings. The van der Waals surface area contributed by atoms with E-state index < -0.39 is 0 Å². The van der Waals surface area contributed by atoms with Gasteiger partial charge in [-0.25, -0.2) is 4.68 Å². The van der Waals surface area contributed by atoms with E-state index in [1.165, 1.54) is 4.68 Å². The van der Waals surface area contributed by atoms with E-state index in [9.17, 15) is 4.79 Å². The summed E-state index contributed by atoms with van der Waals surface area (Å²) in [7, 11) is 1.64. The summed E-state index contributed by atoms with van der Waals surface area (Å²) >= 11 is 0. The average molecular weight is 244 g/mol. The number of hydrogen-bond acceptors (Lipinski definition) is 3. The molecule has 4 nitrogen and oxygen atoms in total. The Kier molecular flexibility index (Phi) is 3.77. The Morgan fingerprint density at radius 3 is 2.94 bits per heavy atom. The smallest absolute Gasteiger partial charge is 0.247 e. The zero-order valence-corrected chi connectivity index (χ0v) is 10.5. The van der Waals surface area contributed by atoms with Crippen molar-refractivity contribution in [2.45, 2.75) is 19.3 Å². The molecule has 1 atom stereocenters. The van der Waals surface area contributed by atoms with Crippen LogP contribution < -0.4 is 4.74 Å². The number of benzene rings is 1. The van der Waals surface area contributed by atoms with Crippen LogP contribution in [0.1, 0.15) is 29.6 Å². The standard InChI is InChI=1S/C14H16N2O2/c1-11(9-14(17)16-8-4-7-15-16)12-5-3-6-13(10-12)18-2/h3-8,10-11H,9H2,1-2H3. The fraction of sp³-hybridized carbons (Fsp3) is 0.286. The summed E-state index contributed by atoms with van der Waals surface area (Å²) in [6.07, 6.45) is 3.70. The van der Waals surface area contributed by atoms with Gasteiger partial charge in [-0.3, -0.25) is 4.79 Å². The lowest BCUT2D eigenvalue weighted by atomic mass is 9.97. The minimum Gasteiger partial charge on any atom is -0.497 e. The van der Waals surface area contributed by atoms with Crippen LogP contribution in [0, 0.1) is 0 Å². The van der Waals surface area contributed by atoms with Gasteiger partial charge < -0.3 is 4.74 Å². The number of methoxy groups -OCH3 is 1. The highest BCUT2D eigenvalue weighted by Gasteiger charge is 2.13.